The lowest BCUT2D eigenvalue weighted by Gasteiger charge is -2.07. The lowest BCUT2D eigenvalue weighted by molar-refractivity contribution is -0.116. The predicted molar refractivity (Wildman–Crippen MR) is 98.7 cm³/mol. The van der Waals surface area contributed by atoms with Crippen LogP contribution >= 0.6 is 0 Å². The van der Waals surface area contributed by atoms with Crippen LogP contribution in [0.15, 0.2) is 54.6 Å². The Morgan fingerprint density at radius 2 is 1.68 bits per heavy atom. The Labute approximate surface area is 148 Å². The largest absolute Gasteiger partial charge is 0.381 e. The van der Waals surface area contributed by atoms with Gasteiger partial charge in [-0.05, 0) is 42.7 Å². The van der Waals surface area contributed by atoms with Crippen LogP contribution < -0.4 is 10.6 Å². The highest BCUT2D eigenvalue weighted by Gasteiger charge is 2.05. The summed E-state index contributed by atoms with van der Waals surface area (Å²) in [6, 6.07) is 17.0. The average Bonchev–Trinajstić information content (AvgIpc) is 2.65. The maximum Gasteiger partial charge on any atom is 0.251 e. The third-order valence-corrected chi connectivity index (χ3v) is 3.73. The number of rotatable bonds is 9. The van der Waals surface area contributed by atoms with E-state index in [1.54, 1.807) is 31.3 Å². The van der Waals surface area contributed by atoms with Crippen molar-refractivity contribution >= 4 is 17.5 Å². The van der Waals surface area contributed by atoms with Crippen molar-refractivity contribution in [3.05, 3.63) is 65.7 Å². The van der Waals surface area contributed by atoms with Crippen LogP contribution in [0, 0.1) is 0 Å². The summed E-state index contributed by atoms with van der Waals surface area (Å²) in [6.45, 7) is 1.22. The molecule has 0 fully saturated rings. The zero-order valence-corrected chi connectivity index (χ0v) is 14.5. The number of nitrogens with one attached hydrogen (secondary N) is 2. The van der Waals surface area contributed by atoms with E-state index in [9.17, 15) is 9.59 Å². The van der Waals surface area contributed by atoms with E-state index < -0.39 is 0 Å². The number of carbonyl (C=O) groups is 2. The first-order valence-electron chi connectivity index (χ1n) is 8.42. The third-order valence-electron chi connectivity index (χ3n) is 3.73. The van der Waals surface area contributed by atoms with Gasteiger partial charge in [-0.2, -0.15) is 0 Å². The van der Waals surface area contributed by atoms with Crippen molar-refractivity contribution in [2.24, 2.45) is 0 Å². The average molecular weight is 340 g/mol. The summed E-state index contributed by atoms with van der Waals surface area (Å²) < 4.78 is 5.57. The Kier molecular flexibility index (Phi) is 7.66. The van der Waals surface area contributed by atoms with Gasteiger partial charge in [0.25, 0.3) is 5.91 Å². The van der Waals surface area contributed by atoms with Crippen molar-refractivity contribution in [2.45, 2.75) is 19.3 Å². The van der Waals surface area contributed by atoms with Crippen LogP contribution in [0.2, 0.25) is 0 Å². The fourth-order valence-corrected chi connectivity index (χ4v) is 2.34. The summed E-state index contributed by atoms with van der Waals surface area (Å²) in [4.78, 5) is 23.3. The van der Waals surface area contributed by atoms with Crippen LogP contribution in [0.1, 0.15) is 28.8 Å². The fraction of sp³-hybridized carbons (Fsp3) is 0.300. The van der Waals surface area contributed by atoms with E-state index in [0.717, 1.165) is 6.42 Å². The summed E-state index contributed by atoms with van der Waals surface area (Å²) in [5, 5.41) is 5.37. The quantitative estimate of drug-likeness (QED) is 0.690. The molecular weight excluding hydrogens is 316 g/mol. The van der Waals surface area contributed by atoms with Crippen LogP contribution in [0.4, 0.5) is 5.69 Å². The summed E-state index contributed by atoms with van der Waals surface area (Å²) in [5.41, 5.74) is 2.50. The second-order valence-electron chi connectivity index (χ2n) is 5.66. The fourth-order valence-electron chi connectivity index (χ4n) is 2.34. The first kappa shape index (κ1) is 18.7. The molecule has 0 saturated carbocycles. The van der Waals surface area contributed by atoms with Crippen LogP contribution in [-0.4, -0.2) is 32.1 Å². The number of benzene rings is 2. The first-order valence-corrected chi connectivity index (χ1v) is 8.42. The molecule has 0 aromatic heterocycles. The Bertz CT molecular complexity index is 669. The van der Waals surface area contributed by atoms with Gasteiger partial charge in [0.1, 0.15) is 0 Å². The van der Waals surface area contributed by atoms with E-state index in [1.807, 2.05) is 18.2 Å². The predicted octanol–water partition coefficient (Wildman–Crippen LogP) is 3.02. The molecule has 0 radical (unpaired) electrons. The lowest BCUT2D eigenvalue weighted by atomic mass is 10.2. The van der Waals surface area contributed by atoms with Gasteiger partial charge in [-0.3, -0.25) is 9.59 Å². The van der Waals surface area contributed by atoms with Crippen molar-refractivity contribution in [1.29, 1.82) is 0 Å². The van der Waals surface area contributed by atoms with Gasteiger partial charge in [-0.25, -0.2) is 0 Å². The highest BCUT2D eigenvalue weighted by Crippen LogP contribution is 2.10. The van der Waals surface area contributed by atoms with Gasteiger partial charge < -0.3 is 15.4 Å². The minimum absolute atomic E-state index is 0.0562. The number of hydrogen-bond donors (Lipinski definition) is 2. The van der Waals surface area contributed by atoms with Crippen LogP contribution in [0.25, 0.3) is 0 Å². The van der Waals surface area contributed by atoms with Crippen molar-refractivity contribution < 1.29 is 14.3 Å². The highest BCUT2D eigenvalue weighted by atomic mass is 16.5. The van der Waals surface area contributed by atoms with Gasteiger partial charge in [-0.15, -0.1) is 0 Å². The molecule has 0 saturated heterocycles. The van der Waals surface area contributed by atoms with E-state index in [4.69, 9.17) is 4.74 Å². The molecule has 5 nitrogen and oxygen atoms in total. The van der Waals surface area contributed by atoms with Gasteiger partial charge in [0.05, 0.1) is 6.61 Å². The van der Waals surface area contributed by atoms with Crippen molar-refractivity contribution in [2.75, 3.05) is 25.6 Å². The molecule has 2 rings (SSSR count). The Morgan fingerprint density at radius 1 is 0.960 bits per heavy atom. The van der Waals surface area contributed by atoms with E-state index in [2.05, 4.69) is 22.8 Å². The molecule has 25 heavy (non-hydrogen) atoms. The van der Waals surface area contributed by atoms with Gasteiger partial charge in [-0.1, -0.05) is 30.3 Å². The molecule has 0 heterocycles. The number of carbonyl (C=O) groups excluding carboxylic acids is 2. The molecule has 0 bridgehead atoms. The third kappa shape index (κ3) is 6.77. The normalized spacial score (nSPS) is 10.3. The molecule has 0 unspecified atom stereocenters. The van der Waals surface area contributed by atoms with Crippen molar-refractivity contribution in [3.63, 3.8) is 0 Å². The summed E-state index contributed by atoms with van der Waals surface area (Å²) in [6.07, 6.45) is 1.96. The molecule has 0 aliphatic heterocycles. The molecule has 0 aliphatic rings. The summed E-state index contributed by atoms with van der Waals surface area (Å²) >= 11 is 0. The Hall–Kier alpha value is -2.66. The first-order chi connectivity index (χ1) is 12.2. The molecular formula is C20H24N2O3. The standard InChI is InChI=1S/C20H24N2O3/c1-21-20(24)17-9-11-18(12-10-17)22-19(23)8-5-14-25-15-13-16-6-3-2-4-7-16/h2-4,6-7,9-12H,5,8,13-15H2,1H3,(H,21,24)(H,22,23). The molecule has 2 aromatic rings. The van der Waals surface area contributed by atoms with Crippen LogP contribution in [-0.2, 0) is 16.0 Å². The number of anilines is 1. The maximum absolute atomic E-state index is 11.9. The number of hydrogen-bond acceptors (Lipinski definition) is 3. The summed E-state index contributed by atoms with van der Waals surface area (Å²) in [5.74, 6) is -0.204. The molecule has 0 aliphatic carbocycles. The smallest absolute Gasteiger partial charge is 0.251 e. The minimum atomic E-state index is -0.148. The molecule has 5 heteroatoms. The van der Waals surface area contributed by atoms with Gasteiger partial charge >= 0.3 is 0 Å². The van der Waals surface area contributed by atoms with Crippen LogP contribution in [0.5, 0.6) is 0 Å². The molecule has 0 spiro atoms. The number of amides is 2. The molecule has 2 amide bonds. The second kappa shape index (κ2) is 10.3. The zero-order chi connectivity index (χ0) is 17.9. The van der Waals surface area contributed by atoms with Crippen molar-refractivity contribution in [3.8, 4) is 0 Å². The van der Waals surface area contributed by atoms with Gasteiger partial charge in [0.2, 0.25) is 5.91 Å². The monoisotopic (exact) mass is 340 g/mol. The number of ether oxygens (including phenoxy) is 1. The molecule has 0 atom stereocenters. The second-order valence-corrected chi connectivity index (χ2v) is 5.66. The molecule has 2 N–H and O–H groups in total. The highest BCUT2D eigenvalue weighted by molar-refractivity contribution is 5.95. The van der Waals surface area contributed by atoms with E-state index in [0.29, 0.717) is 37.3 Å². The SMILES string of the molecule is CNC(=O)c1ccc(NC(=O)CCCOCCc2ccccc2)cc1. The van der Waals surface area contributed by atoms with Gasteiger partial charge in [0, 0.05) is 31.3 Å². The van der Waals surface area contributed by atoms with Crippen LogP contribution in [0.3, 0.4) is 0 Å². The topological polar surface area (TPSA) is 67.4 Å². The molecule has 2 aromatic carbocycles. The maximum atomic E-state index is 11.9. The zero-order valence-electron chi connectivity index (χ0n) is 14.5. The summed E-state index contributed by atoms with van der Waals surface area (Å²) in [7, 11) is 1.58. The molecule has 132 valence electrons. The van der Waals surface area contributed by atoms with Gasteiger partial charge in [0.15, 0.2) is 0 Å². The van der Waals surface area contributed by atoms with Crippen molar-refractivity contribution in [1.82, 2.24) is 5.32 Å². The van der Waals surface area contributed by atoms with E-state index >= 15 is 0 Å². The Balaban J connectivity index is 1.60. The lowest BCUT2D eigenvalue weighted by Crippen LogP contribution is -2.18. The Morgan fingerprint density at radius 3 is 2.36 bits per heavy atom. The minimum Gasteiger partial charge on any atom is -0.381 e. The van der Waals surface area contributed by atoms with E-state index in [-0.39, 0.29) is 11.8 Å². The van der Waals surface area contributed by atoms with E-state index in [1.165, 1.54) is 5.56 Å².